The molecule has 6 heteroatoms. The first kappa shape index (κ1) is 15.9. The van der Waals surface area contributed by atoms with Gasteiger partial charge in [0.2, 0.25) is 0 Å². The van der Waals surface area contributed by atoms with Crippen LogP contribution in [0.3, 0.4) is 0 Å². The average molecular weight is 279 g/mol. The van der Waals surface area contributed by atoms with E-state index in [9.17, 15) is 17.6 Å². The van der Waals surface area contributed by atoms with E-state index < -0.39 is 12.8 Å². The van der Waals surface area contributed by atoms with Crippen LogP contribution in [0.2, 0.25) is 0 Å². The molecule has 0 spiro atoms. The molecule has 0 aromatic heterocycles. The number of rotatable bonds is 7. The summed E-state index contributed by atoms with van der Waals surface area (Å²) in [6.45, 7) is 0.634. The molecule has 0 amide bonds. The number of hydrogen-bond acceptors (Lipinski definition) is 2. The van der Waals surface area contributed by atoms with Crippen LogP contribution in [0.25, 0.3) is 0 Å². The summed E-state index contributed by atoms with van der Waals surface area (Å²) < 4.78 is 48.8. The second-order valence-corrected chi connectivity index (χ2v) is 4.27. The van der Waals surface area contributed by atoms with E-state index in [0.717, 1.165) is 12.8 Å². The highest BCUT2D eigenvalue weighted by atomic mass is 19.4. The Morgan fingerprint density at radius 1 is 1.21 bits per heavy atom. The van der Waals surface area contributed by atoms with Crippen LogP contribution in [-0.2, 0) is 4.84 Å². The number of benzene rings is 1. The first-order valence-electron chi connectivity index (χ1n) is 6.12. The molecule has 0 aliphatic carbocycles. The number of hydrogen-bond donors (Lipinski definition) is 1. The topological polar surface area (TPSA) is 21.3 Å². The van der Waals surface area contributed by atoms with Crippen molar-refractivity contribution in [3.05, 3.63) is 35.6 Å². The molecular formula is C13H17F4NO. The van der Waals surface area contributed by atoms with E-state index in [1.807, 2.05) is 6.92 Å². The number of nitrogens with one attached hydrogen (secondary N) is 1. The van der Waals surface area contributed by atoms with Crippen molar-refractivity contribution in [2.45, 2.75) is 38.4 Å². The Hall–Kier alpha value is -1.14. The zero-order valence-corrected chi connectivity index (χ0v) is 10.6. The molecule has 1 N–H and O–H groups in total. The summed E-state index contributed by atoms with van der Waals surface area (Å²) in [5.41, 5.74) is 3.11. The summed E-state index contributed by atoms with van der Waals surface area (Å²) in [6.07, 6.45) is -1.99. The molecule has 2 nitrogen and oxygen atoms in total. The van der Waals surface area contributed by atoms with Gasteiger partial charge in [0.1, 0.15) is 5.82 Å². The minimum atomic E-state index is -4.37. The molecule has 0 heterocycles. The summed E-state index contributed by atoms with van der Waals surface area (Å²) in [6, 6.07) is 5.27. The second-order valence-electron chi connectivity index (χ2n) is 4.27. The lowest BCUT2D eigenvalue weighted by Crippen LogP contribution is -2.28. The maximum Gasteiger partial charge on any atom is 0.413 e. The van der Waals surface area contributed by atoms with Crippen LogP contribution in [0.5, 0.6) is 0 Å². The van der Waals surface area contributed by atoms with Gasteiger partial charge in [0.05, 0.1) is 6.04 Å². The van der Waals surface area contributed by atoms with E-state index >= 15 is 0 Å². The molecule has 1 rings (SSSR count). The summed E-state index contributed by atoms with van der Waals surface area (Å²) in [5, 5.41) is 0. The molecule has 0 aliphatic heterocycles. The Morgan fingerprint density at radius 3 is 2.37 bits per heavy atom. The number of alkyl halides is 3. The summed E-state index contributed by atoms with van der Waals surface area (Å²) in [4.78, 5) is 4.47. The van der Waals surface area contributed by atoms with Crippen LogP contribution in [-0.4, -0.2) is 12.8 Å². The SMILES string of the molecule is CCCCC(NOCC(F)(F)F)c1ccc(F)cc1. The van der Waals surface area contributed by atoms with Crippen LogP contribution in [0.1, 0.15) is 37.8 Å². The van der Waals surface area contributed by atoms with Crippen LogP contribution in [0.4, 0.5) is 17.6 Å². The highest BCUT2D eigenvalue weighted by Gasteiger charge is 2.28. The zero-order valence-electron chi connectivity index (χ0n) is 10.6. The first-order valence-corrected chi connectivity index (χ1v) is 6.12. The lowest BCUT2D eigenvalue weighted by molar-refractivity contribution is -0.193. The molecule has 1 aromatic rings. The fraction of sp³-hybridized carbons (Fsp3) is 0.538. The molecular weight excluding hydrogens is 262 g/mol. The van der Waals surface area contributed by atoms with Gasteiger partial charge in [-0.1, -0.05) is 31.9 Å². The van der Waals surface area contributed by atoms with Crippen molar-refractivity contribution in [1.82, 2.24) is 5.48 Å². The largest absolute Gasteiger partial charge is 0.413 e. The van der Waals surface area contributed by atoms with E-state index in [0.29, 0.717) is 12.0 Å². The second kappa shape index (κ2) is 7.45. The Bertz CT molecular complexity index is 364. The molecule has 1 aromatic carbocycles. The van der Waals surface area contributed by atoms with Crippen molar-refractivity contribution in [1.29, 1.82) is 0 Å². The zero-order chi connectivity index (χ0) is 14.3. The molecule has 0 bridgehead atoms. The van der Waals surface area contributed by atoms with Gasteiger partial charge in [0.25, 0.3) is 0 Å². The van der Waals surface area contributed by atoms with E-state index in [1.54, 1.807) is 12.1 Å². The van der Waals surface area contributed by atoms with Crippen LogP contribution >= 0.6 is 0 Å². The van der Waals surface area contributed by atoms with E-state index in [1.165, 1.54) is 12.1 Å². The van der Waals surface area contributed by atoms with Gasteiger partial charge in [-0.25, -0.2) is 4.39 Å². The number of unbranched alkanes of at least 4 members (excludes halogenated alkanes) is 1. The lowest BCUT2D eigenvalue weighted by Gasteiger charge is -2.19. The molecule has 1 atom stereocenters. The van der Waals surface area contributed by atoms with Crippen molar-refractivity contribution >= 4 is 0 Å². The molecule has 0 fully saturated rings. The third kappa shape index (κ3) is 6.54. The molecule has 0 saturated carbocycles. The van der Waals surface area contributed by atoms with Crippen molar-refractivity contribution < 1.29 is 22.4 Å². The van der Waals surface area contributed by atoms with Gasteiger partial charge in [-0.2, -0.15) is 18.7 Å². The van der Waals surface area contributed by atoms with Gasteiger partial charge < -0.3 is 0 Å². The Kier molecular flexibility index (Phi) is 6.24. The van der Waals surface area contributed by atoms with Gasteiger partial charge in [0.15, 0.2) is 6.61 Å². The normalized spacial score (nSPS) is 13.5. The summed E-state index contributed by atoms with van der Waals surface area (Å²) in [5.74, 6) is -0.380. The van der Waals surface area contributed by atoms with Crippen LogP contribution < -0.4 is 5.48 Å². The Morgan fingerprint density at radius 2 is 1.84 bits per heavy atom. The third-order valence-corrected chi connectivity index (χ3v) is 2.58. The fourth-order valence-electron chi connectivity index (χ4n) is 1.62. The maximum absolute atomic E-state index is 12.8. The third-order valence-electron chi connectivity index (χ3n) is 2.58. The fourth-order valence-corrected chi connectivity index (χ4v) is 1.62. The van der Waals surface area contributed by atoms with E-state index in [2.05, 4.69) is 10.3 Å². The summed E-state index contributed by atoms with van der Waals surface area (Å²) >= 11 is 0. The maximum atomic E-state index is 12.8. The van der Waals surface area contributed by atoms with Crippen LogP contribution in [0, 0.1) is 5.82 Å². The minimum Gasteiger partial charge on any atom is -0.292 e. The van der Waals surface area contributed by atoms with Crippen LogP contribution in [0.15, 0.2) is 24.3 Å². The van der Waals surface area contributed by atoms with E-state index in [-0.39, 0.29) is 11.9 Å². The molecule has 0 radical (unpaired) electrons. The van der Waals surface area contributed by atoms with Crippen molar-refractivity contribution in [3.63, 3.8) is 0 Å². The van der Waals surface area contributed by atoms with Crippen molar-refractivity contribution in [2.24, 2.45) is 0 Å². The number of hydroxylamine groups is 1. The highest BCUT2D eigenvalue weighted by Crippen LogP contribution is 2.21. The molecule has 19 heavy (non-hydrogen) atoms. The molecule has 1 unspecified atom stereocenters. The molecule has 0 aliphatic rings. The van der Waals surface area contributed by atoms with Gasteiger partial charge in [0, 0.05) is 0 Å². The smallest absolute Gasteiger partial charge is 0.292 e. The standard InChI is InChI=1S/C13H17F4NO/c1-2-3-4-12(18-19-9-13(15,16)17)10-5-7-11(14)8-6-10/h5-8,12,18H,2-4,9H2,1H3. The van der Waals surface area contributed by atoms with E-state index in [4.69, 9.17) is 0 Å². The quantitative estimate of drug-likeness (QED) is 0.598. The first-order chi connectivity index (χ1) is 8.92. The van der Waals surface area contributed by atoms with Crippen molar-refractivity contribution in [3.8, 4) is 0 Å². The Labute approximate surface area is 109 Å². The average Bonchev–Trinajstić information content (AvgIpc) is 2.33. The van der Waals surface area contributed by atoms with Gasteiger partial charge in [-0.05, 0) is 24.1 Å². The lowest BCUT2D eigenvalue weighted by atomic mass is 10.0. The van der Waals surface area contributed by atoms with Gasteiger partial charge in [-0.15, -0.1) is 0 Å². The highest BCUT2D eigenvalue weighted by molar-refractivity contribution is 5.19. The van der Waals surface area contributed by atoms with Gasteiger partial charge >= 0.3 is 6.18 Å². The molecule has 108 valence electrons. The monoisotopic (exact) mass is 279 g/mol. The Balaban J connectivity index is 2.58. The van der Waals surface area contributed by atoms with Gasteiger partial charge in [-0.3, -0.25) is 4.84 Å². The molecule has 0 saturated heterocycles. The number of halogens is 4. The predicted octanol–water partition coefficient (Wildman–Crippen LogP) is 4.14. The predicted molar refractivity (Wildman–Crippen MR) is 63.8 cm³/mol. The summed E-state index contributed by atoms with van der Waals surface area (Å²) in [7, 11) is 0. The van der Waals surface area contributed by atoms with Crippen molar-refractivity contribution in [2.75, 3.05) is 6.61 Å². The minimum absolute atomic E-state index is 0.372.